The molecule has 0 aromatic heterocycles. The van der Waals surface area contributed by atoms with E-state index >= 15 is 0 Å². The maximum Gasteiger partial charge on any atom is 1.00 e. The molecule has 0 bridgehead atoms. The Labute approximate surface area is 322 Å². The Kier molecular flexibility index (Phi) is 23.0. The van der Waals surface area contributed by atoms with Crippen LogP contribution in [-0.2, 0) is 12.6 Å². The zero-order chi connectivity index (χ0) is 38.8. The second-order valence-electron chi connectivity index (χ2n) is 8.94. The van der Waals surface area contributed by atoms with Gasteiger partial charge in [-0.15, -0.1) is 0 Å². The predicted molar refractivity (Wildman–Crippen MR) is 129 cm³/mol. The Balaban J connectivity index is -0.000000366. The monoisotopic (exact) mass is 932 g/mol. The van der Waals surface area contributed by atoms with Gasteiger partial charge in [0.25, 0.3) is 23.7 Å². The summed E-state index contributed by atoms with van der Waals surface area (Å²) in [7, 11) is 0. The SMILES string of the molecule is FC(F)(CCI)CC(F)(F)CC(F)(C(F)(F)F)C(F)(F)F.N#CSCCC(F)(F)CC(F)(F)CC(F)(C(F)(F)F)C(F)(F)F.N#C[S-].[K+]. The Bertz CT molecular complexity index is 1000. The Morgan fingerprint density at radius 3 is 0.938 bits per heavy atom. The smallest absolute Gasteiger partial charge is 0.696 e. The molecule has 0 saturated heterocycles. The number of hydrogen-bond acceptors (Lipinski definition) is 4. The number of hydrogen-bond donors (Lipinski definition) is 0. The number of nitriles is 2. The molecule has 0 aliphatic carbocycles. The summed E-state index contributed by atoms with van der Waals surface area (Å²) in [5, 5.41) is 17.8. The number of rotatable bonds is 13. The molecular formula is C20H16F22IKN2S2. The Morgan fingerprint density at radius 2 is 0.729 bits per heavy atom. The standard InChI is InChI=1S/C10H8F11NS.C9H8F11I.CHNS.K/c11-6(12,1-2-23-5-22)3-7(13,14)4-8(15,9(16,17)18)10(19,20)21;10-5(11,1-2-21)3-6(12,13)4-7(14,8(15,16)17)9(18,19)20;2-1-3;/h1-4H2;1-4H2;3H;/q;;;+1/p-1. The van der Waals surface area contributed by atoms with E-state index in [0.717, 1.165) is 0 Å². The molecule has 0 saturated carbocycles. The van der Waals surface area contributed by atoms with Crippen LogP contribution in [0.15, 0.2) is 0 Å². The summed E-state index contributed by atoms with van der Waals surface area (Å²) in [5.74, 6) is -19.7. The van der Waals surface area contributed by atoms with Gasteiger partial charge in [-0.3, -0.25) is 0 Å². The molecule has 0 fully saturated rings. The van der Waals surface area contributed by atoms with E-state index in [2.05, 4.69) is 12.6 Å². The minimum Gasteiger partial charge on any atom is -0.696 e. The topological polar surface area (TPSA) is 47.6 Å². The van der Waals surface area contributed by atoms with E-state index in [1.807, 2.05) is 0 Å². The molecule has 28 heteroatoms. The minimum absolute atomic E-state index is 0. The van der Waals surface area contributed by atoms with Crippen LogP contribution in [-0.4, -0.2) is 69.9 Å². The molecule has 0 heterocycles. The first-order valence-corrected chi connectivity index (χ1v) is 14.0. The molecule has 0 rings (SSSR count). The third-order valence-corrected chi connectivity index (χ3v) is 6.01. The van der Waals surface area contributed by atoms with Crippen molar-refractivity contribution in [3.8, 4) is 10.8 Å². The van der Waals surface area contributed by atoms with Gasteiger partial charge in [-0.25, -0.2) is 49.2 Å². The van der Waals surface area contributed by atoms with Crippen molar-refractivity contribution < 1.29 is 148 Å². The summed E-state index contributed by atoms with van der Waals surface area (Å²) >= 11 is 5.29. The van der Waals surface area contributed by atoms with Crippen LogP contribution in [0.2, 0.25) is 0 Å². The van der Waals surface area contributed by atoms with E-state index in [9.17, 15) is 96.6 Å². The van der Waals surface area contributed by atoms with Crippen LogP contribution in [0.25, 0.3) is 0 Å². The normalized spacial score (nSPS) is 13.9. The zero-order valence-corrected chi connectivity index (χ0v) is 30.0. The van der Waals surface area contributed by atoms with Crippen molar-refractivity contribution >= 4 is 47.0 Å². The largest absolute Gasteiger partial charge is 1.00 e. The second-order valence-corrected chi connectivity index (χ2v) is 11.1. The predicted octanol–water partition coefficient (Wildman–Crippen LogP) is 8.19. The van der Waals surface area contributed by atoms with Crippen molar-refractivity contribution in [3.05, 3.63) is 0 Å². The molecule has 0 aromatic rings. The summed E-state index contributed by atoms with van der Waals surface area (Å²) in [5.41, 5.74) is -12.6. The van der Waals surface area contributed by atoms with Gasteiger partial charge in [-0.2, -0.15) is 57.9 Å². The van der Waals surface area contributed by atoms with Crippen molar-refractivity contribution in [2.45, 2.75) is 98.3 Å². The van der Waals surface area contributed by atoms with E-state index in [4.69, 9.17) is 10.5 Å². The van der Waals surface area contributed by atoms with Gasteiger partial charge in [0.2, 0.25) is 0 Å². The van der Waals surface area contributed by atoms with Crippen LogP contribution >= 0.6 is 34.4 Å². The molecule has 2 nitrogen and oxygen atoms in total. The van der Waals surface area contributed by atoms with Crippen LogP contribution in [0.4, 0.5) is 96.6 Å². The van der Waals surface area contributed by atoms with Gasteiger partial charge >= 0.3 is 87.4 Å². The fraction of sp³-hybridized carbons (Fsp3) is 0.900. The molecule has 0 amide bonds. The maximum absolute atomic E-state index is 13.2. The first kappa shape index (κ1) is 55.1. The van der Waals surface area contributed by atoms with Gasteiger partial charge in [0.15, 0.2) is 0 Å². The zero-order valence-electron chi connectivity index (χ0n) is 23.1. The van der Waals surface area contributed by atoms with Gasteiger partial charge in [-0.05, 0) is 11.8 Å². The van der Waals surface area contributed by atoms with E-state index in [1.165, 1.54) is 33.4 Å². The van der Waals surface area contributed by atoms with Crippen LogP contribution in [0.3, 0.4) is 0 Å². The molecule has 280 valence electrons. The van der Waals surface area contributed by atoms with Crippen molar-refractivity contribution in [1.29, 1.82) is 10.5 Å². The quantitative estimate of drug-likeness (QED) is 0.0356. The minimum atomic E-state index is -6.75. The maximum atomic E-state index is 13.2. The summed E-state index contributed by atoms with van der Waals surface area (Å²) in [6.07, 6.45) is -41.7. The third-order valence-electron chi connectivity index (χ3n) is 4.93. The second kappa shape index (κ2) is 20.0. The van der Waals surface area contributed by atoms with Crippen LogP contribution < -0.4 is 51.4 Å². The summed E-state index contributed by atoms with van der Waals surface area (Å²) in [6.45, 7) is 0. The molecule has 0 spiro atoms. The number of halogens is 23. The number of thioether (sulfide) groups is 1. The van der Waals surface area contributed by atoms with E-state index in [-0.39, 0.29) is 67.6 Å². The molecule has 0 aliphatic rings. The van der Waals surface area contributed by atoms with E-state index < -0.39 is 104 Å². The molecule has 48 heavy (non-hydrogen) atoms. The molecule has 0 N–H and O–H groups in total. The molecule has 0 atom stereocenters. The first-order chi connectivity index (χ1) is 20.4. The molecule has 0 radical (unpaired) electrons. The molecule has 0 unspecified atom stereocenters. The number of alkyl halides is 23. The van der Waals surface area contributed by atoms with Gasteiger partial charge < -0.3 is 12.6 Å². The summed E-state index contributed by atoms with van der Waals surface area (Å²) < 4.78 is 276. The van der Waals surface area contributed by atoms with E-state index in [0.29, 0.717) is 0 Å². The average Bonchev–Trinajstić information content (AvgIpc) is 2.74. The average molecular weight is 932 g/mol. The van der Waals surface area contributed by atoms with Crippen molar-refractivity contribution in [2.75, 3.05) is 10.2 Å². The van der Waals surface area contributed by atoms with Gasteiger partial charge in [-0.1, -0.05) is 28.0 Å². The Hall–Kier alpha value is 0.376. The van der Waals surface area contributed by atoms with Crippen LogP contribution in [0, 0.1) is 21.3 Å². The molecular weight excluding hydrogens is 916 g/mol. The van der Waals surface area contributed by atoms with Gasteiger partial charge in [0.1, 0.15) is 5.40 Å². The molecule has 0 aliphatic heterocycles. The van der Waals surface area contributed by atoms with E-state index in [1.54, 1.807) is 0 Å². The Morgan fingerprint density at radius 1 is 0.479 bits per heavy atom. The number of thiocyanates is 2. The van der Waals surface area contributed by atoms with Gasteiger partial charge in [0, 0.05) is 23.0 Å². The van der Waals surface area contributed by atoms with Crippen LogP contribution in [0.5, 0.6) is 0 Å². The first-order valence-electron chi connectivity index (χ1n) is 11.1. The summed E-state index contributed by atoms with van der Waals surface area (Å²) in [6, 6.07) is 0. The summed E-state index contributed by atoms with van der Waals surface area (Å²) in [4.78, 5) is 0. The van der Waals surface area contributed by atoms with Gasteiger partial charge in [0.05, 0.1) is 25.7 Å². The third kappa shape index (κ3) is 19.3. The van der Waals surface area contributed by atoms with Crippen molar-refractivity contribution in [2.24, 2.45) is 0 Å². The van der Waals surface area contributed by atoms with Crippen molar-refractivity contribution in [3.63, 3.8) is 0 Å². The fourth-order valence-electron chi connectivity index (χ4n) is 2.88. The van der Waals surface area contributed by atoms with Crippen molar-refractivity contribution in [1.82, 2.24) is 0 Å². The number of nitrogens with zero attached hydrogens (tertiary/aromatic N) is 2. The fourth-order valence-corrected chi connectivity index (χ4v) is 4.16. The van der Waals surface area contributed by atoms with Crippen LogP contribution in [0.1, 0.15) is 38.5 Å². The molecule has 0 aromatic carbocycles.